The van der Waals surface area contributed by atoms with Crippen LogP contribution in [-0.4, -0.2) is 34.4 Å². The summed E-state index contributed by atoms with van der Waals surface area (Å²) in [6, 6.07) is 21.8. The zero-order valence-corrected chi connectivity index (χ0v) is 17.5. The van der Waals surface area contributed by atoms with Crippen molar-refractivity contribution in [2.75, 3.05) is 6.54 Å². The van der Waals surface area contributed by atoms with Crippen molar-refractivity contribution in [1.29, 1.82) is 0 Å². The fourth-order valence-corrected chi connectivity index (χ4v) is 3.98. The molecule has 0 saturated carbocycles. The van der Waals surface area contributed by atoms with Gasteiger partial charge in [-0.3, -0.25) is 9.59 Å². The molecule has 3 aromatic rings. The van der Waals surface area contributed by atoms with Crippen LogP contribution in [0.1, 0.15) is 34.3 Å². The lowest BCUT2D eigenvalue weighted by molar-refractivity contribution is -0.125. The number of likely N-dealkylation sites (tertiary alicyclic amines) is 1. The Bertz CT molecular complexity index is 1090. The van der Waals surface area contributed by atoms with E-state index in [4.69, 9.17) is 0 Å². The zero-order valence-electron chi connectivity index (χ0n) is 17.5. The molecule has 1 aliphatic heterocycles. The molecular weight excluding hydrogens is 388 g/mol. The Labute approximate surface area is 182 Å². The number of aryl methyl sites for hydroxylation is 1. The lowest BCUT2D eigenvalue weighted by Gasteiger charge is -2.24. The van der Waals surface area contributed by atoms with Gasteiger partial charge in [0.1, 0.15) is 11.8 Å². The summed E-state index contributed by atoms with van der Waals surface area (Å²) in [4.78, 5) is 27.7. The SMILES string of the molecule is Cc1ccc(CNC(=O)C2CCCN2C(=O)c2cccc(-c3cccc(O)c3)c2)cc1. The molecule has 0 radical (unpaired) electrons. The molecule has 5 nitrogen and oxygen atoms in total. The van der Waals surface area contributed by atoms with Crippen LogP contribution >= 0.6 is 0 Å². The van der Waals surface area contributed by atoms with Crippen LogP contribution in [0.25, 0.3) is 11.1 Å². The number of carbonyl (C=O) groups excluding carboxylic acids is 2. The molecule has 158 valence electrons. The monoisotopic (exact) mass is 414 g/mol. The third kappa shape index (κ3) is 4.77. The van der Waals surface area contributed by atoms with Crippen LogP contribution in [0.4, 0.5) is 0 Å². The van der Waals surface area contributed by atoms with E-state index in [0.717, 1.165) is 23.1 Å². The van der Waals surface area contributed by atoms with Crippen LogP contribution in [0, 0.1) is 6.92 Å². The highest BCUT2D eigenvalue weighted by Gasteiger charge is 2.34. The molecule has 1 atom stereocenters. The van der Waals surface area contributed by atoms with Gasteiger partial charge in [0, 0.05) is 18.7 Å². The molecule has 0 aliphatic carbocycles. The standard InChI is InChI=1S/C26H26N2O3/c1-18-10-12-19(13-11-18)17-27-25(30)24-9-4-14-28(24)26(31)22-7-2-5-20(15-22)21-6-3-8-23(29)16-21/h2-3,5-8,10-13,15-16,24,29H,4,9,14,17H2,1H3,(H,27,30). The van der Waals surface area contributed by atoms with Gasteiger partial charge in [0.2, 0.25) is 5.91 Å². The summed E-state index contributed by atoms with van der Waals surface area (Å²) in [5, 5.41) is 12.7. The summed E-state index contributed by atoms with van der Waals surface area (Å²) in [5.41, 5.74) is 4.44. The number of amides is 2. The normalized spacial score (nSPS) is 15.6. The Balaban J connectivity index is 1.47. The summed E-state index contributed by atoms with van der Waals surface area (Å²) in [6.07, 6.45) is 1.47. The van der Waals surface area contributed by atoms with Crippen LogP contribution < -0.4 is 5.32 Å². The van der Waals surface area contributed by atoms with E-state index in [-0.39, 0.29) is 17.6 Å². The quantitative estimate of drug-likeness (QED) is 0.654. The first-order chi connectivity index (χ1) is 15.0. The number of aromatic hydroxyl groups is 1. The molecule has 1 aliphatic rings. The average Bonchev–Trinajstić information content (AvgIpc) is 3.28. The fraction of sp³-hybridized carbons (Fsp3) is 0.231. The van der Waals surface area contributed by atoms with Crippen LogP contribution in [0.3, 0.4) is 0 Å². The first-order valence-electron chi connectivity index (χ1n) is 10.5. The Kier molecular flexibility index (Phi) is 6.03. The number of hydrogen-bond donors (Lipinski definition) is 2. The molecule has 1 fully saturated rings. The molecule has 1 saturated heterocycles. The van der Waals surface area contributed by atoms with Crippen molar-refractivity contribution >= 4 is 11.8 Å². The fourth-order valence-electron chi connectivity index (χ4n) is 3.98. The van der Waals surface area contributed by atoms with E-state index in [9.17, 15) is 14.7 Å². The van der Waals surface area contributed by atoms with Gasteiger partial charge in [-0.2, -0.15) is 0 Å². The van der Waals surface area contributed by atoms with Crippen molar-refractivity contribution in [1.82, 2.24) is 10.2 Å². The molecule has 1 unspecified atom stereocenters. The Morgan fingerprint density at radius 3 is 2.45 bits per heavy atom. The highest BCUT2D eigenvalue weighted by Crippen LogP contribution is 2.26. The maximum Gasteiger partial charge on any atom is 0.254 e. The number of rotatable bonds is 5. The third-order valence-electron chi connectivity index (χ3n) is 5.69. The number of nitrogens with one attached hydrogen (secondary N) is 1. The van der Waals surface area contributed by atoms with E-state index in [1.807, 2.05) is 55.5 Å². The number of phenols is 1. The summed E-state index contributed by atoms with van der Waals surface area (Å²) >= 11 is 0. The maximum absolute atomic E-state index is 13.2. The Morgan fingerprint density at radius 2 is 1.71 bits per heavy atom. The molecule has 0 aromatic heterocycles. The predicted octanol–water partition coefficient (Wildman–Crippen LogP) is 4.29. The van der Waals surface area contributed by atoms with Gasteiger partial charge in [-0.25, -0.2) is 0 Å². The van der Waals surface area contributed by atoms with E-state index in [1.54, 1.807) is 29.2 Å². The highest BCUT2D eigenvalue weighted by atomic mass is 16.3. The van der Waals surface area contributed by atoms with Gasteiger partial charge in [-0.1, -0.05) is 54.1 Å². The number of hydrogen-bond acceptors (Lipinski definition) is 3. The van der Waals surface area contributed by atoms with Crippen molar-refractivity contribution in [2.24, 2.45) is 0 Å². The summed E-state index contributed by atoms with van der Waals surface area (Å²) in [5.74, 6) is -0.0790. The van der Waals surface area contributed by atoms with Crippen molar-refractivity contribution in [2.45, 2.75) is 32.4 Å². The molecule has 31 heavy (non-hydrogen) atoms. The van der Waals surface area contributed by atoms with Crippen LogP contribution in [0.5, 0.6) is 5.75 Å². The van der Waals surface area contributed by atoms with Gasteiger partial charge in [0.15, 0.2) is 0 Å². The molecule has 1 heterocycles. The van der Waals surface area contributed by atoms with Crippen molar-refractivity contribution in [3.05, 3.63) is 89.5 Å². The molecule has 0 bridgehead atoms. The predicted molar refractivity (Wildman–Crippen MR) is 121 cm³/mol. The van der Waals surface area contributed by atoms with E-state index in [0.29, 0.717) is 25.1 Å². The summed E-state index contributed by atoms with van der Waals surface area (Å²) < 4.78 is 0. The minimum absolute atomic E-state index is 0.115. The van der Waals surface area contributed by atoms with Crippen molar-refractivity contribution in [3.8, 4) is 16.9 Å². The summed E-state index contributed by atoms with van der Waals surface area (Å²) in [7, 11) is 0. The molecule has 4 rings (SSSR count). The van der Waals surface area contributed by atoms with Crippen LogP contribution in [-0.2, 0) is 11.3 Å². The number of nitrogens with zero attached hydrogens (tertiary/aromatic N) is 1. The van der Waals surface area contributed by atoms with Gasteiger partial charge in [0.05, 0.1) is 0 Å². The lowest BCUT2D eigenvalue weighted by Crippen LogP contribution is -2.45. The Morgan fingerprint density at radius 1 is 1.00 bits per heavy atom. The second kappa shape index (κ2) is 9.04. The second-order valence-corrected chi connectivity index (χ2v) is 7.99. The first kappa shape index (κ1) is 20.7. The minimum Gasteiger partial charge on any atom is -0.508 e. The van der Waals surface area contributed by atoms with E-state index in [1.165, 1.54) is 5.56 Å². The van der Waals surface area contributed by atoms with Crippen molar-refractivity contribution < 1.29 is 14.7 Å². The topological polar surface area (TPSA) is 69.6 Å². The van der Waals surface area contributed by atoms with E-state index in [2.05, 4.69) is 5.32 Å². The maximum atomic E-state index is 13.2. The average molecular weight is 415 g/mol. The largest absolute Gasteiger partial charge is 0.508 e. The van der Waals surface area contributed by atoms with Crippen molar-refractivity contribution in [3.63, 3.8) is 0 Å². The smallest absolute Gasteiger partial charge is 0.254 e. The Hall–Kier alpha value is -3.60. The van der Waals surface area contributed by atoms with E-state index >= 15 is 0 Å². The van der Waals surface area contributed by atoms with Crippen LogP contribution in [0.2, 0.25) is 0 Å². The highest BCUT2D eigenvalue weighted by molar-refractivity contribution is 5.98. The van der Waals surface area contributed by atoms with Gasteiger partial charge < -0.3 is 15.3 Å². The van der Waals surface area contributed by atoms with Gasteiger partial charge in [-0.05, 0) is 60.7 Å². The number of carbonyl (C=O) groups is 2. The lowest BCUT2D eigenvalue weighted by atomic mass is 10.0. The van der Waals surface area contributed by atoms with Gasteiger partial charge in [0.25, 0.3) is 5.91 Å². The number of benzene rings is 3. The number of phenolic OH excluding ortho intramolecular Hbond substituents is 1. The van der Waals surface area contributed by atoms with Crippen LogP contribution in [0.15, 0.2) is 72.8 Å². The molecule has 2 amide bonds. The minimum atomic E-state index is -0.456. The third-order valence-corrected chi connectivity index (χ3v) is 5.69. The molecule has 5 heteroatoms. The van der Waals surface area contributed by atoms with Gasteiger partial charge in [-0.15, -0.1) is 0 Å². The van der Waals surface area contributed by atoms with Gasteiger partial charge >= 0.3 is 0 Å². The molecule has 0 spiro atoms. The first-order valence-corrected chi connectivity index (χ1v) is 10.5. The molecule has 3 aromatic carbocycles. The molecule has 2 N–H and O–H groups in total. The second-order valence-electron chi connectivity index (χ2n) is 7.99. The zero-order chi connectivity index (χ0) is 21.8. The molecular formula is C26H26N2O3. The summed E-state index contributed by atoms with van der Waals surface area (Å²) in [6.45, 7) is 3.04. The van der Waals surface area contributed by atoms with E-state index < -0.39 is 6.04 Å².